The molecule has 0 spiro atoms. The van der Waals surface area contributed by atoms with E-state index in [1.54, 1.807) is 18.6 Å². The maximum Gasteiger partial charge on any atom is 0.223 e. The molecule has 0 saturated carbocycles. The van der Waals surface area contributed by atoms with E-state index in [1.165, 1.54) is 5.56 Å². The second-order valence-electron chi connectivity index (χ2n) is 7.10. The standard InChI is InChI=1S/C22H25N5O/c1-2-20-24-12-14-27(20)21-16-23-15-18(25-21)19-9-6-13-26(19)22(28)11-10-17-7-4-3-5-8-17/h3-5,7-8,12,14-16,19H,2,6,9-11,13H2,1H3. The first-order chi connectivity index (χ1) is 13.8. The van der Waals surface area contributed by atoms with Crippen molar-refractivity contribution >= 4 is 5.91 Å². The molecule has 6 nitrogen and oxygen atoms in total. The molecule has 28 heavy (non-hydrogen) atoms. The average Bonchev–Trinajstić information content (AvgIpc) is 3.42. The third-order valence-corrected chi connectivity index (χ3v) is 5.31. The molecule has 1 unspecified atom stereocenters. The smallest absolute Gasteiger partial charge is 0.223 e. The Labute approximate surface area is 165 Å². The highest BCUT2D eigenvalue weighted by molar-refractivity contribution is 5.77. The maximum absolute atomic E-state index is 12.9. The molecule has 1 atom stereocenters. The molecule has 1 aromatic carbocycles. The van der Waals surface area contributed by atoms with Gasteiger partial charge in [-0.05, 0) is 24.8 Å². The summed E-state index contributed by atoms with van der Waals surface area (Å²) >= 11 is 0. The predicted molar refractivity (Wildman–Crippen MR) is 107 cm³/mol. The van der Waals surface area contributed by atoms with Crippen molar-refractivity contribution < 1.29 is 4.79 Å². The summed E-state index contributed by atoms with van der Waals surface area (Å²) in [5.74, 6) is 1.90. The van der Waals surface area contributed by atoms with Gasteiger partial charge in [0.25, 0.3) is 0 Å². The van der Waals surface area contributed by atoms with Crippen LogP contribution in [0.4, 0.5) is 0 Å². The van der Waals surface area contributed by atoms with Crippen LogP contribution in [0.5, 0.6) is 0 Å². The Hall–Kier alpha value is -3.02. The lowest BCUT2D eigenvalue weighted by Crippen LogP contribution is -2.31. The van der Waals surface area contributed by atoms with Crippen LogP contribution in [0.1, 0.15) is 49.3 Å². The van der Waals surface area contributed by atoms with E-state index in [4.69, 9.17) is 4.98 Å². The van der Waals surface area contributed by atoms with Gasteiger partial charge >= 0.3 is 0 Å². The number of hydrogen-bond donors (Lipinski definition) is 0. The van der Waals surface area contributed by atoms with E-state index in [-0.39, 0.29) is 11.9 Å². The van der Waals surface area contributed by atoms with Gasteiger partial charge in [-0.3, -0.25) is 14.3 Å². The Kier molecular flexibility index (Phi) is 5.46. The van der Waals surface area contributed by atoms with Crippen LogP contribution in [0.25, 0.3) is 5.82 Å². The molecule has 144 valence electrons. The minimum absolute atomic E-state index is 0.00400. The predicted octanol–water partition coefficient (Wildman–Crippen LogP) is 3.52. The molecular weight excluding hydrogens is 350 g/mol. The summed E-state index contributed by atoms with van der Waals surface area (Å²) in [6, 6.07) is 10.2. The molecule has 2 aromatic heterocycles. The number of aryl methyl sites for hydroxylation is 2. The van der Waals surface area contributed by atoms with Crippen molar-refractivity contribution in [3.05, 3.63) is 72.2 Å². The maximum atomic E-state index is 12.9. The van der Waals surface area contributed by atoms with E-state index in [0.29, 0.717) is 6.42 Å². The zero-order valence-corrected chi connectivity index (χ0v) is 16.2. The molecule has 3 heterocycles. The van der Waals surface area contributed by atoms with Crippen LogP contribution in [0, 0.1) is 0 Å². The fourth-order valence-corrected chi connectivity index (χ4v) is 3.86. The van der Waals surface area contributed by atoms with Gasteiger partial charge in [-0.15, -0.1) is 0 Å². The van der Waals surface area contributed by atoms with Gasteiger partial charge in [0.05, 0.1) is 24.1 Å². The molecule has 6 heteroatoms. The highest BCUT2D eigenvalue weighted by atomic mass is 16.2. The van der Waals surface area contributed by atoms with Crippen LogP contribution in [0.3, 0.4) is 0 Å². The first kappa shape index (κ1) is 18.3. The summed E-state index contributed by atoms with van der Waals surface area (Å²) in [5.41, 5.74) is 2.06. The van der Waals surface area contributed by atoms with Crippen LogP contribution in [-0.4, -0.2) is 36.9 Å². The monoisotopic (exact) mass is 375 g/mol. The number of amides is 1. The second kappa shape index (κ2) is 8.33. The third-order valence-electron chi connectivity index (χ3n) is 5.31. The molecule has 4 rings (SSSR count). The van der Waals surface area contributed by atoms with Crippen molar-refractivity contribution in [3.63, 3.8) is 0 Å². The van der Waals surface area contributed by atoms with E-state index >= 15 is 0 Å². The molecule has 0 bridgehead atoms. The van der Waals surface area contributed by atoms with E-state index in [2.05, 4.69) is 29.0 Å². The largest absolute Gasteiger partial charge is 0.334 e. The summed E-state index contributed by atoms with van der Waals surface area (Å²) in [4.78, 5) is 28.4. The van der Waals surface area contributed by atoms with Crippen LogP contribution in [-0.2, 0) is 17.6 Å². The quantitative estimate of drug-likeness (QED) is 0.661. The van der Waals surface area contributed by atoms with Crippen molar-refractivity contribution in [2.24, 2.45) is 0 Å². The zero-order chi connectivity index (χ0) is 19.3. The van der Waals surface area contributed by atoms with Crippen LogP contribution in [0.15, 0.2) is 55.1 Å². The topological polar surface area (TPSA) is 63.9 Å². The summed E-state index contributed by atoms with van der Waals surface area (Å²) < 4.78 is 1.97. The lowest BCUT2D eigenvalue weighted by molar-refractivity contribution is -0.132. The molecule has 0 aliphatic carbocycles. The molecule has 3 aromatic rings. The van der Waals surface area contributed by atoms with Crippen LogP contribution >= 0.6 is 0 Å². The molecule has 0 N–H and O–H groups in total. The molecular formula is C22H25N5O. The Balaban J connectivity index is 1.50. The lowest BCUT2D eigenvalue weighted by Gasteiger charge is -2.24. The fourth-order valence-electron chi connectivity index (χ4n) is 3.86. The summed E-state index contributed by atoms with van der Waals surface area (Å²) in [5, 5.41) is 0. The van der Waals surface area contributed by atoms with Crippen molar-refractivity contribution in [2.75, 3.05) is 6.54 Å². The summed E-state index contributed by atoms with van der Waals surface area (Å²) in [6.45, 7) is 2.86. The molecule has 1 fully saturated rings. The number of likely N-dealkylation sites (tertiary alicyclic amines) is 1. The number of rotatable bonds is 6. The Morgan fingerprint density at radius 2 is 2.07 bits per heavy atom. The minimum Gasteiger partial charge on any atom is -0.334 e. The van der Waals surface area contributed by atoms with Gasteiger partial charge in [-0.2, -0.15) is 0 Å². The van der Waals surface area contributed by atoms with Crippen molar-refractivity contribution in [2.45, 2.75) is 45.1 Å². The number of hydrogen-bond acceptors (Lipinski definition) is 4. The Morgan fingerprint density at radius 3 is 2.89 bits per heavy atom. The third kappa shape index (κ3) is 3.81. The second-order valence-corrected chi connectivity index (χ2v) is 7.10. The average molecular weight is 375 g/mol. The van der Waals surface area contributed by atoms with E-state index < -0.39 is 0 Å². The number of imidazole rings is 1. The number of nitrogens with zero attached hydrogens (tertiary/aromatic N) is 5. The Morgan fingerprint density at radius 1 is 1.21 bits per heavy atom. The normalized spacial score (nSPS) is 16.5. The zero-order valence-electron chi connectivity index (χ0n) is 16.2. The van der Waals surface area contributed by atoms with Crippen molar-refractivity contribution in [3.8, 4) is 5.82 Å². The lowest BCUT2D eigenvalue weighted by atomic mass is 10.1. The van der Waals surface area contributed by atoms with Gasteiger partial charge in [0, 0.05) is 31.8 Å². The molecule has 1 amide bonds. The van der Waals surface area contributed by atoms with E-state index in [0.717, 1.165) is 49.6 Å². The van der Waals surface area contributed by atoms with Crippen LogP contribution in [0.2, 0.25) is 0 Å². The van der Waals surface area contributed by atoms with Gasteiger partial charge in [0.1, 0.15) is 5.82 Å². The summed E-state index contributed by atoms with van der Waals surface area (Å²) in [7, 11) is 0. The highest BCUT2D eigenvalue weighted by Crippen LogP contribution is 2.31. The van der Waals surface area contributed by atoms with Crippen molar-refractivity contribution in [1.29, 1.82) is 0 Å². The van der Waals surface area contributed by atoms with Gasteiger partial charge in [0.2, 0.25) is 5.91 Å². The number of aromatic nitrogens is 4. The first-order valence-corrected chi connectivity index (χ1v) is 9.94. The van der Waals surface area contributed by atoms with Gasteiger partial charge < -0.3 is 4.90 Å². The summed E-state index contributed by atoms with van der Waals surface area (Å²) in [6.07, 6.45) is 11.3. The number of carbonyl (C=O) groups excluding carboxylic acids is 1. The van der Waals surface area contributed by atoms with Gasteiger partial charge in [-0.25, -0.2) is 9.97 Å². The first-order valence-electron chi connectivity index (χ1n) is 9.94. The Bertz CT molecular complexity index is 937. The minimum atomic E-state index is 0.00400. The van der Waals surface area contributed by atoms with Gasteiger partial charge in [0.15, 0.2) is 5.82 Å². The number of benzene rings is 1. The highest BCUT2D eigenvalue weighted by Gasteiger charge is 2.31. The van der Waals surface area contributed by atoms with Crippen LogP contribution < -0.4 is 0 Å². The fraction of sp³-hybridized carbons (Fsp3) is 0.364. The SMILES string of the molecule is CCc1nccn1-c1cncc(C2CCCN2C(=O)CCc2ccccc2)n1. The van der Waals surface area contributed by atoms with E-state index in [1.807, 2.05) is 33.9 Å². The molecule has 0 radical (unpaired) electrons. The van der Waals surface area contributed by atoms with E-state index in [9.17, 15) is 4.79 Å². The molecule has 1 aliphatic rings. The van der Waals surface area contributed by atoms with Gasteiger partial charge in [-0.1, -0.05) is 37.3 Å². The molecule has 1 aliphatic heterocycles. The molecule has 1 saturated heterocycles. The van der Waals surface area contributed by atoms with Crippen molar-refractivity contribution in [1.82, 2.24) is 24.4 Å². The number of carbonyl (C=O) groups is 1.